The number of carboxylic acid groups (broad SMARTS) is 1. The maximum absolute atomic E-state index is 12.7. The van der Waals surface area contributed by atoms with E-state index in [2.05, 4.69) is 29.6 Å². The van der Waals surface area contributed by atoms with Crippen LogP contribution in [0.1, 0.15) is 56.1 Å². The Balaban J connectivity index is 1.37. The molecule has 180 valence electrons. The van der Waals surface area contributed by atoms with Crippen LogP contribution in [0, 0.1) is 5.92 Å². The Kier molecular flexibility index (Phi) is 7.20. The SMILES string of the molecule is CC(C(=O)O)N(C)C(=O)C[C@@H]1CCCC[C@@H]1NC(=O)OCC1c2ccccc2-c2ccccc21. The predicted molar refractivity (Wildman–Crippen MR) is 128 cm³/mol. The molecule has 2 amide bonds. The van der Waals surface area contributed by atoms with Gasteiger partial charge in [-0.1, -0.05) is 61.4 Å². The molecule has 0 radical (unpaired) electrons. The minimum Gasteiger partial charge on any atom is -0.480 e. The van der Waals surface area contributed by atoms with E-state index in [0.29, 0.717) is 0 Å². The van der Waals surface area contributed by atoms with Gasteiger partial charge in [-0.2, -0.15) is 0 Å². The second-order valence-electron chi connectivity index (χ2n) is 9.34. The van der Waals surface area contributed by atoms with Gasteiger partial charge in [0.2, 0.25) is 5.91 Å². The molecule has 0 spiro atoms. The number of hydrogen-bond acceptors (Lipinski definition) is 4. The van der Waals surface area contributed by atoms with Crippen LogP contribution in [0.5, 0.6) is 0 Å². The number of ether oxygens (including phenoxy) is 1. The number of benzene rings is 2. The van der Waals surface area contributed by atoms with E-state index in [0.717, 1.165) is 36.8 Å². The highest BCUT2D eigenvalue weighted by Crippen LogP contribution is 2.44. The van der Waals surface area contributed by atoms with Gasteiger partial charge in [0.1, 0.15) is 12.6 Å². The van der Waals surface area contributed by atoms with Gasteiger partial charge in [0, 0.05) is 25.4 Å². The van der Waals surface area contributed by atoms with Crippen LogP contribution in [0.3, 0.4) is 0 Å². The fraction of sp³-hybridized carbons (Fsp3) is 0.444. The summed E-state index contributed by atoms with van der Waals surface area (Å²) in [5.74, 6) is -1.30. The first-order chi connectivity index (χ1) is 16.4. The van der Waals surface area contributed by atoms with Crippen LogP contribution >= 0.6 is 0 Å². The van der Waals surface area contributed by atoms with Gasteiger partial charge >= 0.3 is 12.1 Å². The molecule has 0 aromatic heterocycles. The molecular formula is C27H32N2O5. The van der Waals surface area contributed by atoms with Gasteiger partial charge in [0.05, 0.1) is 0 Å². The predicted octanol–water partition coefficient (Wildman–Crippen LogP) is 4.41. The number of likely N-dealkylation sites (N-methyl/N-ethyl adjacent to an activating group) is 1. The monoisotopic (exact) mass is 464 g/mol. The van der Waals surface area contributed by atoms with Crippen LogP contribution in [0.15, 0.2) is 48.5 Å². The Morgan fingerprint density at radius 1 is 1.03 bits per heavy atom. The van der Waals surface area contributed by atoms with E-state index < -0.39 is 18.1 Å². The van der Waals surface area contributed by atoms with Crippen molar-refractivity contribution in [1.29, 1.82) is 0 Å². The van der Waals surface area contributed by atoms with Crippen molar-refractivity contribution in [3.05, 3.63) is 59.7 Å². The number of amides is 2. The number of alkyl carbamates (subject to hydrolysis) is 1. The lowest BCUT2D eigenvalue weighted by atomic mass is 9.82. The minimum absolute atomic E-state index is 0.00645. The van der Waals surface area contributed by atoms with Gasteiger partial charge in [0.25, 0.3) is 0 Å². The lowest BCUT2D eigenvalue weighted by Crippen LogP contribution is -2.46. The molecule has 1 saturated carbocycles. The Bertz CT molecular complexity index is 1020. The van der Waals surface area contributed by atoms with Crippen molar-refractivity contribution in [1.82, 2.24) is 10.2 Å². The molecule has 4 rings (SSSR count). The smallest absolute Gasteiger partial charge is 0.407 e. The molecule has 0 aliphatic heterocycles. The zero-order valence-electron chi connectivity index (χ0n) is 19.7. The van der Waals surface area contributed by atoms with Crippen LogP contribution in [-0.2, 0) is 14.3 Å². The van der Waals surface area contributed by atoms with Gasteiger partial charge in [-0.05, 0) is 47.9 Å². The topological polar surface area (TPSA) is 95.9 Å². The van der Waals surface area contributed by atoms with E-state index in [4.69, 9.17) is 4.74 Å². The maximum Gasteiger partial charge on any atom is 0.407 e. The van der Waals surface area contributed by atoms with Gasteiger partial charge < -0.3 is 20.1 Å². The summed E-state index contributed by atoms with van der Waals surface area (Å²) in [5, 5.41) is 12.2. The van der Waals surface area contributed by atoms with E-state index in [9.17, 15) is 19.5 Å². The van der Waals surface area contributed by atoms with Crippen molar-refractivity contribution < 1.29 is 24.2 Å². The number of carbonyl (C=O) groups is 3. The molecule has 1 unspecified atom stereocenters. The molecular weight excluding hydrogens is 432 g/mol. The van der Waals surface area contributed by atoms with E-state index in [1.54, 1.807) is 0 Å². The Labute approximate surface area is 200 Å². The highest BCUT2D eigenvalue weighted by Gasteiger charge is 2.33. The van der Waals surface area contributed by atoms with Crippen molar-refractivity contribution in [2.75, 3.05) is 13.7 Å². The van der Waals surface area contributed by atoms with Crippen molar-refractivity contribution in [3.63, 3.8) is 0 Å². The largest absolute Gasteiger partial charge is 0.480 e. The standard InChI is InChI=1S/C27H32N2O5/c1-17(26(31)32)29(2)25(30)15-18-9-3-8-14-24(18)28-27(33)34-16-23-21-12-6-4-10-19(21)20-11-5-7-13-22(20)23/h4-7,10-13,17-18,23-24H,3,8-9,14-16H2,1-2H3,(H,28,33)(H,31,32)/t17?,18-,24-/m0/s1. The molecule has 1 fully saturated rings. The maximum atomic E-state index is 12.7. The minimum atomic E-state index is -1.03. The molecule has 7 heteroatoms. The fourth-order valence-corrected chi connectivity index (χ4v) is 5.18. The summed E-state index contributed by atoms with van der Waals surface area (Å²) in [5.41, 5.74) is 4.68. The van der Waals surface area contributed by atoms with Crippen LogP contribution in [0.25, 0.3) is 11.1 Å². The third kappa shape index (κ3) is 4.93. The van der Waals surface area contributed by atoms with E-state index in [-0.39, 0.29) is 36.8 Å². The molecule has 0 bridgehead atoms. The summed E-state index contributed by atoms with van der Waals surface area (Å²) in [6.07, 6.45) is 3.29. The van der Waals surface area contributed by atoms with Crippen LogP contribution in [-0.4, -0.2) is 53.7 Å². The summed E-state index contributed by atoms with van der Waals surface area (Å²) in [6.45, 7) is 1.74. The third-order valence-corrected chi connectivity index (χ3v) is 7.32. The first-order valence-electron chi connectivity index (χ1n) is 12.0. The first kappa shape index (κ1) is 23.8. The number of carboxylic acids is 1. The lowest BCUT2D eigenvalue weighted by molar-refractivity contribution is -0.148. The summed E-state index contributed by atoms with van der Waals surface area (Å²) in [6, 6.07) is 15.4. The zero-order valence-corrected chi connectivity index (χ0v) is 19.7. The Morgan fingerprint density at radius 2 is 1.62 bits per heavy atom. The number of fused-ring (bicyclic) bond motifs is 3. The molecule has 2 aromatic carbocycles. The molecule has 2 aromatic rings. The Hall–Kier alpha value is -3.35. The highest BCUT2D eigenvalue weighted by atomic mass is 16.5. The number of aliphatic carboxylic acids is 1. The molecule has 34 heavy (non-hydrogen) atoms. The number of nitrogens with one attached hydrogen (secondary N) is 1. The van der Waals surface area contributed by atoms with Gasteiger partial charge in [-0.25, -0.2) is 9.59 Å². The van der Waals surface area contributed by atoms with Gasteiger partial charge in [-0.3, -0.25) is 4.79 Å². The van der Waals surface area contributed by atoms with E-state index >= 15 is 0 Å². The highest BCUT2D eigenvalue weighted by molar-refractivity contribution is 5.83. The number of nitrogens with zero attached hydrogens (tertiary/aromatic N) is 1. The van der Waals surface area contributed by atoms with Crippen LogP contribution in [0.4, 0.5) is 4.79 Å². The van der Waals surface area contributed by atoms with Crippen molar-refractivity contribution in [2.45, 2.75) is 57.0 Å². The Morgan fingerprint density at radius 3 is 2.24 bits per heavy atom. The molecule has 2 aliphatic rings. The van der Waals surface area contributed by atoms with Crippen molar-refractivity contribution >= 4 is 18.0 Å². The number of carbonyl (C=O) groups excluding carboxylic acids is 2. The molecule has 3 atom stereocenters. The van der Waals surface area contributed by atoms with E-state index in [1.807, 2.05) is 24.3 Å². The van der Waals surface area contributed by atoms with Crippen LogP contribution in [0.2, 0.25) is 0 Å². The summed E-state index contributed by atoms with van der Waals surface area (Å²) in [4.78, 5) is 37.9. The number of hydrogen-bond donors (Lipinski definition) is 2. The average molecular weight is 465 g/mol. The van der Waals surface area contributed by atoms with Gasteiger partial charge in [0.15, 0.2) is 0 Å². The molecule has 0 saturated heterocycles. The molecule has 2 N–H and O–H groups in total. The third-order valence-electron chi connectivity index (χ3n) is 7.32. The summed E-state index contributed by atoms with van der Waals surface area (Å²) >= 11 is 0. The van der Waals surface area contributed by atoms with Crippen LogP contribution < -0.4 is 5.32 Å². The molecule has 0 heterocycles. The first-order valence-corrected chi connectivity index (χ1v) is 12.0. The summed E-state index contributed by atoms with van der Waals surface area (Å²) < 4.78 is 5.69. The normalized spacial score (nSPS) is 20.1. The average Bonchev–Trinajstić information content (AvgIpc) is 3.16. The van der Waals surface area contributed by atoms with E-state index in [1.165, 1.54) is 30.0 Å². The quantitative estimate of drug-likeness (QED) is 0.633. The molecule has 2 aliphatic carbocycles. The summed E-state index contributed by atoms with van der Waals surface area (Å²) in [7, 11) is 1.51. The zero-order chi connectivity index (χ0) is 24.2. The van der Waals surface area contributed by atoms with Crippen molar-refractivity contribution in [2.24, 2.45) is 5.92 Å². The van der Waals surface area contributed by atoms with Crippen molar-refractivity contribution in [3.8, 4) is 11.1 Å². The second-order valence-corrected chi connectivity index (χ2v) is 9.34. The second kappa shape index (κ2) is 10.3. The lowest BCUT2D eigenvalue weighted by Gasteiger charge is -2.33. The fourth-order valence-electron chi connectivity index (χ4n) is 5.18. The van der Waals surface area contributed by atoms with Gasteiger partial charge in [-0.15, -0.1) is 0 Å². The molecule has 7 nitrogen and oxygen atoms in total. The number of rotatable bonds is 7.